The van der Waals surface area contributed by atoms with Crippen molar-refractivity contribution in [2.45, 2.75) is 19.8 Å². The Balaban J connectivity index is 2.21. The van der Waals surface area contributed by atoms with E-state index in [1.54, 1.807) is 6.08 Å². The van der Waals surface area contributed by atoms with E-state index >= 15 is 0 Å². The van der Waals surface area contributed by atoms with Gasteiger partial charge in [-0.05, 0) is 35.3 Å². The van der Waals surface area contributed by atoms with E-state index in [0.29, 0.717) is 16.7 Å². The van der Waals surface area contributed by atoms with E-state index in [4.69, 9.17) is 12.2 Å². The summed E-state index contributed by atoms with van der Waals surface area (Å²) in [4.78, 5) is 11.4. The monoisotopic (exact) mass is 246 g/mol. The average Bonchev–Trinajstić information content (AvgIpc) is 2.58. The SMILES string of the molecule is CC(C)c1ccc(/C=C2/NC(=S)NC2=O)cc1. The molecule has 1 heterocycles. The highest BCUT2D eigenvalue weighted by atomic mass is 32.1. The van der Waals surface area contributed by atoms with Crippen molar-refractivity contribution in [3.05, 3.63) is 41.1 Å². The minimum atomic E-state index is -0.178. The Kier molecular flexibility index (Phi) is 3.24. The molecule has 2 rings (SSSR count). The normalized spacial score (nSPS) is 17.5. The first-order chi connectivity index (χ1) is 8.06. The first kappa shape index (κ1) is 11.8. The summed E-state index contributed by atoms with van der Waals surface area (Å²) in [5.41, 5.74) is 2.76. The standard InChI is InChI=1S/C13H14N2OS/c1-8(2)10-5-3-9(4-6-10)7-11-12(16)15-13(17)14-11/h3-8H,1-2H3,(H2,14,15,16,17)/b11-7+. The van der Waals surface area contributed by atoms with Crippen LogP contribution in [0.15, 0.2) is 30.0 Å². The summed E-state index contributed by atoms with van der Waals surface area (Å²) in [6.45, 7) is 4.30. The zero-order chi connectivity index (χ0) is 12.4. The third-order valence-electron chi connectivity index (χ3n) is 2.63. The molecule has 0 radical (unpaired) electrons. The van der Waals surface area contributed by atoms with Gasteiger partial charge in [0, 0.05) is 0 Å². The Morgan fingerprint density at radius 2 is 1.82 bits per heavy atom. The second kappa shape index (κ2) is 4.67. The molecular formula is C13H14N2OS. The molecule has 0 bridgehead atoms. The number of hydrogen-bond acceptors (Lipinski definition) is 2. The highest BCUT2D eigenvalue weighted by molar-refractivity contribution is 7.80. The fourth-order valence-electron chi connectivity index (χ4n) is 1.63. The van der Waals surface area contributed by atoms with Crippen molar-refractivity contribution < 1.29 is 4.79 Å². The largest absolute Gasteiger partial charge is 0.328 e. The van der Waals surface area contributed by atoms with Crippen LogP contribution in [0.1, 0.15) is 30.9 Å². The van der Waals surface area contributed by atoms with E-state index < -0.39 is 0 Å². The molecule has 3 nitrogen and oxygen atoms in total. The maximum absolute atomic E-state index is 11.4. The second-order valence-corrected chi connectivity index (χ2v) is 4.70. The molecule has 1 amide bonds. The lowest BCUT2D eigenvalue weighted by molar-refractivity contribution is -0.115. The molecule has 0 atom stereocenters. The Labute approximate surface area is 106 Å². The molecule has 0 spiro atoms. The number of carbonyl (C=O) groups is 1. The van der Waals surface area contributed by atoms with E-state index in [9.17, 15) is 4.79 Å². The molecule has 1 aromatic carbocycles. The van der Waals surface area contributed by atoms with Gasteiger partial charge < -0.3 is 5.32 Å². The molecule has 0 aliphatic carbocycles. The molecule has 1 aliphatic rings. The van der Waals surface area contributed by atoms with Crippen LogP contribution in [0.3, 0.4) is 0 Å². The van der Waals surface area contributed by atoms with Gasteiger partial charge in [-0.25, -0.2) is 0 Å². The third-order valence-corrected chi connectivity index (χ3v) is 2.84. The van der Waals surface area contributed by atoms with Crippen LogP contribution in [-0.2, 0) is 4.79 Å². The molecule has 0 aromatic heterocycles. The highest BCUT2D eigenvalue weighted by Gasteiger charge is 2.19. The van der Waals surface area contributed by atoms with Crippen LogP contribution in [0, 0.1) is 0 Å². The second-order valence-electron chi connectivity index (χ2n) is 4.29. The van der Waals surface area contributed by atoms with Crippen molar-refractivity contribution in [2.24, 2.45) is 0 Å². The van der Waals surface area contributed by atoms with E-state index in [1.165, 1.54) is 5.56 Å². The zero-order valence-corrected chi connectivity index (χ0v) is 10.6. The van der Waals surface area contributed by atoms with Crippen molar-refractivity contribution in [1.29, 1.82) is 0 Å². The van der Waals surface area contributed by atoms with Crippen molar-refractivity contribution in [2.75, 3.05) is 0 Å². The fourth-order valence-corrected chi connectivity index (χ4v) is 1.83. The van der Waals surface area contributed by atoms with Crippen LogP contribution in [0.4, 0.5) is 0 Å². The number of thiocarbonyl (C=S) groups is 1. The zero-order valence-electron chi connectivity index (χ0n) is 9.78. The molecule has 17 heavy (non-hydrogen) atoms. The van der Waals surface area contributed by atoms with E-state index in [2.05, 4.69) is 36.6 Å². The molecule has 1 saturated heterocycles. The summed E-state index contributed by atoms with van der Waals surface area (Å²) in [5.74, 6) is 0.333. The number of benzene rings is 1. The molecule has 0 saturated carbocycles. The molecule has 1 aliphatic heterocycles. The van der Waals surface area contributed by atoms with Gasteiger partial charge in [0.05, 0.1) is 0 Å². The maximum Gasteiger partial charge on any atom is 0.273 e. The lowest BCUT2D eigenvalue weighted by atomic mass is 10.0. The molecular weight excluding hydrogens is 232 g/mol. The van der Waals surface area contributed by atoms with Crippen LogP contribution in [0.25, 0.3) is 6.08 Å². The van der Waals surface area contributed by atoms with Gasteiger partial charge in [0.15, 0.2) is 5.11 Å². The number of amides is 1. The third kappa shape index (κ3) is 2.71. The van der Waals surface area contributed by atoms with Gasteiger partial charge in [-0.1, -0.05) is 38.1 Å². The minimum Gasteiger partial charge on any atom is -0.328 e. The minimum absolute atomic E-state index is 0.178. The van der Waals surface area contributed by atoms with Crippen LogP contribution >= 0.6 is 12.2 Å². The Morgan fingerprint density at radius 3 is 2.29 bits per heavy atom. The van der Waals surface area contributed by atoms with Crippen molar-refractivity contribution in [3.8, 4) is 0 Å². The first-order valence-corrected chi connectivity index (χ1v) is 5.91. The molecule has 4 heteroatoms. The molecule has 1 aromatic rings. The van der Waals surface area contributed by atoms with Gasteiger partial charge in [-0.3, -0.25) is 10.1 Å². The first-order valence-electron chi connectivity index (χ1n) is 5.50. The maximum atomic E-state index is 11.4. The summed E-state index contributed by atoms with van der Waals surface area (Å²) in [6, 6.07) is 8.14. The van der Waals surface area contributed by atoms with Crippen LogP contribution in [-0.4, -0.2) is 11.0 Å². The summed E-state index contributed by atoms with van der Waals surface area (Å²) < 4.78 is 0. The number of nitrogens with one attached hydrogen (secondary N) is 2. The fraction of sp³-hybridized carbons (Fsp3) is 0.231. The number of rotatable bonds is 2. The van der Waals surface area contributed by atoms with E-state index in [1.807, 2.05) is 12.1 Å². The quantitative estimate of drug-likeness (QED) is 0.620. The van der Waals surface area contributed by atoms with Crippen molar-refractivity contribution in [3.63, 3.8) is 0 Å². The Hall–Kier alpha value is -1.68. The summed E-state index contributed by atoms with van der Waals surface area (Å²) in [6.07, 6.45) is 1.79. The summed E-state index contributed by atoms with van der Waals surface area (Å²) in [5, 5.41) is 5.71. The molecule has 0 unspecified atom stereocenters. The van der Waals surface area contributed by atoms with E-state index in [0.717, 1.165) is 5.56 Å². The highest BCUT2D eigenvalue weighted by Crippen LogP contribution is 2.16. The van der Waals surface area contributed by atoms with Crippen LogP contribution < -0.4 is 10.6 Å². The van der Waals surface area contributed by atoms with Gasteiger partial charge in [0.1, 0.15) is 5.70 Å². The molecule has 1 fully saturated rings. The molecule has 88 valence electrons. The van der Waals surface area contributed by atoms with E-state index in [-0.39, 0.29) is 5.91 Å². The van der Waals surface area contributed by atoms with Crippen LogP contribution in [0.5, 0.6) is 0 Å². The Morgan fingerprint density at radius 1 is 1.18 bits per heavy atom. The van der Waals surface area contributed by atoms with Gasteiger partial charge in [0.25, 0.3) is 5.91 Å². The van der Waals surface area contributed by atoms with Gasteiger partial charge in [-0.15, -0.1) is 0 Å². The topological polar surface area (TPSA) is 41.1 Å². The smallest absolute Gasteiger partial charge is 0.273 e. The molecule has 2 N–H and O–H groups in total. The average molecular weight is 246 g/mol. The predicted molar refractivity (Wildman–Crippen MR) is 72.4 cm³/mol. The van der Waals surface area contributed by atoms with Gasteiger partial charge in [-0.2, -0.15) is 0 Å². The lowest BCUT2D eigenvalue weighted by Crippen LogP contribution is -2.21. The number of carbonyl (C=O) groups excluding carboxylic acids is 1. The van der Waals surface area contributed by atoms with Crippen molar-refractivity contribution >= 4 is 29.3 Å². The summed E-state index contributed by atoms with van der Waals surface area (Å²) in [7, 11) is 0. The van der Waals surface area contributed by atoms with Crippen LogP contribution in [0.2, 0.25) is 0 Å². The lowest BCUT2D eigenvalue weighted by Gasteiger charge is -2.05. The van der Waals surface area contributed by atoms with Gasteiger partial charge in [0.2, 0.25) is 0 Å². The summed E-state index contributed by atoms with van der Waals surface area (Å²) >= 11 is 4.86. The number of hydrogen-bond donors (Lipinski definition) is 2. The Bertz CT molecular complexity index is 489. The van der Waals surface area contributed by atoms with Crippen molar-refractivity contribution in [1.82, 2.24) is 10.6 Å². The predicted octanol–water partition coefficient (Wildman–Crippen LogP) is 2.16. The van der Waals surface area contributed by atoms with Gasteiger partial charge >= 0.3 is 0 Å².